The van der Waals surface area contributed by atoms with Crippen LogP contribution in [0.1, 0.15) is 61.6 Å². The first-order chi connectivity index (χ1) is 10.3. The summed E-state index contributed by atoms with van der Waals surface area (Å²) in [5, 5.41) is 0. The molecule has 0 atom stereocenters. The van der Waals surface area contributed by atoms with Gasteiger partial charge in [-0.15, -0.1) is 0 Å². The lowest BCUT2D eigenvalue weighted by Gasteiger charge is -2.13. The fourth-order valence-electron chi connectivity index (χ4n) is 3.49. The standard InChI is InChI=1S/C18H21N3/c19-17-11-16(13-5-1-2-6-13)20-18(21-17)15-8-4-3-7-14(15)12-9-10-12/h3-4,7-8,11-13H,1-2,5-6,9-10H2,(H2,19,20,21). The molecule has 2 aliphatic rings. The molecular formula is C18H21N3. The Labute approximate surface area is 125 Å². The van der Waals surface area contributed by atoms with Gasteiger partial charge in [0.05, 0.1) is 0 Å². The third kappa shape index (κ3) is 2.53. The Morgan fingerprint density at radius 2 is 1.67 bits per heavy atom. The molecule has 0 spiro atoms. The maximum Gasteiger partial charge on any atom is 0.162 e. The van der Waals surface area contributed by atoms with Crippen molar-refractivity contribution in [2.45, 2.75) is 50.4 Å². The lowest BCUT2D eigenvalue weighted by atomic mass is 10.0. The number of nitrogens with two attached hydrogens (primary N) is 1. The van der Waals surface area contributed by atoms with Gasteiger partial charge in [0, 0.05) is 23.2 Å². The van der Waals surface area contributed by atoms with Gasteiger partial charge in [0.2, 0.25) is 0 Å². The Morgan fingerprint density at radius 1 is 0.905 bits per heavy atom. The number of nitrogen functional groups attached to an aromatic ring is 1. The van der Waals surface area contributed by atoms with E-state index in [0.717, 1.165) is 11.5 Å². The molecule has 0 bridgehead atoms. The number of hydrogen-bond acceptors (Lipinski definition) is 3. The topological polar surface area (TPSA) is 51.8 Å². The molecule has 1 aromatic heterocycles. The van der Waals surface area contributed by atoms with Crippen molar-refractivity contribution in [2.75, 3.05) is 5.73 Å². The fraction of sp³-hybridized carbons (Fsp3) is 0.444. The molecule has 2 N–H and O–H groups in total. The summed E-state index contributed by atoms with van der Waals surface area (Å²) in [6.45, 7) is 0. The smallest absolute Gasteiger partial charge is 0.162 e. The summed E-state index contributed by atoms with van der Waals surface area (Å²) >= 11 is 0. The van der Waals surface area contributed by atoms with Crippen molar-refractivity contribution < 1.29 is 0 Å². The van der Waals surface area contributed by atoms with Gasteiger partial charge in [-0.3, -0.25) is 0 Å². The van der Waals surface area contributed by atoms with Crippen LogP contribution in [-0.4, -0.2) is 9.97 Å². The molecule has 0 radical (unpaired) electrons. The number of anilines is 1. The van der Waals surface area contributed by atoms with E-state index in [4.69, 9.17) is 10.7 Å². The molecule has 2 aromatic rings. The van der Waals surface area contributed by atoms with Crippen LogP contribution in [0.4, 0.5) is 5.82 Å². The minimum Gasteiger partial charge on any atom is -0.384 e. The number of rotatable bonds is 3. The van der Waals surface area contributed by atoms with E-state index in [9.17, 15) is 0 Å². The molecule has 4 rings (SSSR count). The van der Waals surface area contributed by atoms with Crippen molar-refractivity contribution in [3.8, 4) is 11.4 Å². The number of benzene rings is 1. The molecule has 0 amide bonds. The third-order valence-corrected chi connectivity index (χ3v) is 4.76. The van der Waals surface area contributed by atoms with E-state index >= 15 is 0 Å². The summed E-state index contributed by atoms with van der Waals surface area (Å²) in [6.07, 6.45) is 7.66. The quantitative estimate of drug-likeness (QED) is 0.913. The van der Waals surface area contributed by atoms with E-state index in [1.54, 1.807) is 0 Å². The molecule has 2 saturated carbocycles. The fourth-order valence-corrected chi connectivity index (χ4v) is 3.49. The maximum atomic E-state index is 6.06. The molecule has 2 fully saturated rings. The van der Waals surface area contributed by atoms with E-state index in [0.29, 0.717) is 17.7 Å². The summed E-state index contributed by atoms with van der Waals surface area (Å²) in [5.41, 5.74) is 9.76. The van der Waals surface area contributed by atoms with E-state index < -0.39 is 0 Å². The van der Waals surface area contributed by atoms with Crippen LogP contribution in [0.2, 0.25) is 0 Å². The zero-order valence-electron chi connectivity index (χ0n) is 12.3. The molecule has 1 aromatic carbocycles. The van der Waals surface area contributed by atoms with Gasteiger partial charge in [0.15, 0.2) is 5.82 Å². The zero-order chi connectivity index (χ0) is 14.2. The highest BCUT2D eigenvalue weighted by Gasteiger charge is 2.27. The molecule has 2 aliphatic carbocycles. The van der Waals surface area contributed by atoms with Crippen LogP contribution in [0.25, 0.3) is 11.4 Å². The lowest BCUT2D eigenvalue weighted by Crippen LogP contribution is -2.04. The Bertz CT molecular complexity index is 655. The summed E-state index contributed by atoms with van der Waals surface area (Å²) < 4.78 is 0. The average molecular weight is 279 g/mol. The van der Waals surface area contributed by atoms with Crippen molar-refractivity contribution in [1.29, 1.82) is 0 Å². The van der Waals surface area contributed by atoms with Gasteiger partial charge in [0.1, 0.15) is 5.82 Å². The van der Waals surface area contributed by atoms with Gasteiger partial charge in [0.25, 0.3) is 0 Å². The summed E-state index contributed by atoms with van der Waals surface area (Å²) in [4.78, 5) is 9.38. The van der Waals surface area contributed by atoms with Crippen molar-refractivity contribution >= 4 is 5.82 Å². The molecule has 0 unspecified atom stereocenters. The highest BCUT2D eigenvalue weighted by molar-refractivity contribution is 5.63. The molecule has 0 saturated heterocycles. The van der Waals surface area contributed by atoms with Gasteiger partial charge < -0.3 is 5.73 Å². The predicted molar refractivity (Wildman–Crippen MR) is 85.1 cm³/mol. The highest BCUT2D eigenvalue weighted by Crippen LogP contribution is 2.44. The van der Waals surface area contributed by atoms with Crippen molar-refractivity contribution in [2.24, 2.45) is 0 Å². The van der Waals surface area contributed by atoms with Crippen LogP contribution in [0.3, 0.4) is 0 Å². The maximum absolute atomic E-state index is 6.06. The van der Waals surface area contributed by atoms with Crippen LogP contribution in [-0.2, 0) is 0 Å². The Kier molecular flexibility index (Phi) is 3.13. The first-order valence-electron chi connectivity index (χ1n) is 8.05. The van der Waals surface area contributed by atoms with Gasteiger partial charge in [-0.1, -0.05) is 37.1 Å². The highest BCUT2D eigenvalue weighted by atomic mass is 14.9. The van der Waals surface area contributed by atoms with Gasteiger partial charge in [-0.25, -0.2) is 9.97 Å². The van der Waals surface area contributed by atoms with E-state index in [-0.39, 0.29) is 0 Å². The molecule has 108 valence electrons. The first kappa shape index (κ1) is 12.8. The second kappa shape index (κ2) is 5.14. The third-order valence-electron chi connectivity index (χ3n) is 4.76. The molecular weight excluding hydrogens is 258 g/mol. The Balaban J connectivity index is 1.77. The van der Waals surface area contributed by atoms with Crippen molar-refractivity contribution in [1.82, 2.24) is 9.97 Å². The molecule has 0 aliphatic heterocycles. The monoisotopic (exact) mass is 279 g/mol. The van der Waals surface area contributed by atoms with Crippen LogP contribution < -0.4 is 5.73 Å². The van der Waals surface area contributed by atoms with Crippen LogP contribution in [0.5, 0.6) is 0 Å². The summed E-state index contributed by atoms with van der Waals surface area (Å²) in [7, 11) is 0. The molecule has 3 nitrogen and oxygen atoms in total. The van der Waals surface area contributed by atoms with E-state index in [2.05, 4.69) is 29.2 Å². The van der Waals surface area contributed by atoms with Gasteiger partial charge >= 0.3 is 0 Å². The van der Waals surface area contributed by atoms with Gasteiger partial charge in [-0.05, 0) is 37.2 Å². The largest absolute Gasteiger partial charge is 0.384 e. The first-order valence-corrected chi connectivity index (χ1v) is 8.05. The van der Waals surface area contributed by atoms with Crippen LogP contribution in [0.15, 0.2) is 30.3 Å². The summed E-state index contributed by atoms with van der Waals surface area (Å²) in [5.74, 6) is 2.69. The SMILES string of the molecule is Nc1cc(C2CCCC2)nc(-c2ccccc2C2CC2)n1. The van der Waals surface area contributed by atoms with Gasteiger partial charge in [-0.2, -0.15) is 0 Å². The lowest BCUT2D eigenvalue weighted by molar-refractivity contribution is 0.696. The second-order valence-electron chi connectivity index (χ2n) is 6.38. The molecule has 21 heavy (non-hydrogen) atoms. The number of aromatic nitrogens is 2. The minimum atomic E-state index is 0.571. The summed E-state index contributed by atoms with van der Waals surface area (Å²) in [6, 6.07) is 10.5. The van der Waals surface area contributed by atoms with E-state index in [1.165, 1.54) is 49.7 Å². The zero-order valence-corrected chi connectivity index (χ0v) is 12.3. The molecule has 3 heteroatoms. The average Bonchev–Trinajstić information content (AvgIpc) is 3.21. The minimum absolute atomic E-state index is 0.571. The van der Waals surface area contributed by atoms with Crippen molar-refractivity contribution in [3.05, 3.63) is 41.6 Å². The van der Waals surface area contributed by atoms with Crippen molar-refractivity contribution in [3.63, 3.8) is 0 Å². The van der Waals surface area contributed by atoms with Crippen LogP contribution in [0, 0.1) is 0 Å². The normalized spacial score (nSPS) is 19.0. The van der Waals surface area contributed by atoms with E-state index in [1.807, 2.05) is 6.07 Å². The molecule has 1 heterocycles. The van der Waals surface area contributed by atoms with Crippen LogP contribution >= 0.6 is 0 Å². The second-order valence-corrected chi connectivity index (χ2v) is 6.38. The Hall–Kier alpha value is -1.90. The number of nitrogens with zero attached hydrogens (tertiary/aromatic N) is 2. The number of hydrogen-bond donors (Lipinski definition) is 1. The Morgan fingerprint density at radius 3 is 2.43 bits per heavy atom. The predicted octanol–water partition coefficient (Wildman–Crippen LogP) is 4.26.